The number of hydrogen-bond donors (Lipinski definition) is 2. The van der Waals surface area contributed by atoms with Crippen molar-refractivity contribution < 1.29 is 28.5 Å². The van der Waals surface area contributed by atoms with Crippen molar-refractivity contribution in [2.45, 2.75) is 27.4 Å². The topological polar surface area (TPSA) is 107 Å². The van der Waals surface area contributed by atoms with Gasteiger partial charge in [-0.3, -0.25) is 9.59 Å². The zero-order chi connectivity index (χ0) is 31.3. The van der Waals surface area contributed by atoms with E-state index in [0.29, 0.717) is 64.7 Å². The van der Waals surface area contributed by atoms with Gasteiger partial charge in [-0.15, -0.1) is 0 Å². The molecule has 10 heteroatoms. The van der Waals surface area contributed by atoms with Crippen LogP contribution in [-0.4, -0.2) is 37.8 Å². The molecule has 0 heterocycles. The Morgan fingerprint density at radius 2 is 1.50 bits per heavy atom. The minimum Gasteiger partial charge on any atom is -0.490 e. The summed E-state index contributed by atoms with van der Waals surface area (Å²) in [5.74, 6) is 1.07. The highest BCUT2D eigenvalue weighted by atomic mass is 35.5. The molecule has 4 rings (SSSR count). The maximum absolute atomic E-state index is 12.8. The fourth-order valence-corrected chi connectivity index (χ4v) is 4.19. The number of rotatable bonds is 14. The molecular weight excluding hydrogens is 582 g/mol. The van der Waals surface area contributed by atoms with Crippen LogP contribution < -0.4 is 29.7 Å². The molecule has 2 amide bonds. The van der Waals surface area contributed by atoms with E-state index in [2.05, 4.69) is 15.8 Å². The number of aryl methyl sites for hydroxylation is 1. The molecule has 0 saturated heterocycles. The predicted octanol–water partition coefficient (Wildman–Crippen LogP) is 6.81. The van der Waals surface area contributed by atoms with Crippen molar-refractivity contribution in [2.75, 3.05) is 25.1 Å². The summed E-state index contributed by atoms with van der Waals surface area (Å²) in [7, 11) is 0. The summed E-state index contributed by atoms with van der Waals surface area (Å²) in [5, 5.41) is 7.41. The maximum Gasteiger partial charge on any atom is 0.271 e. The largest absolute Gasteiger partial charge is 0.490 e. The van der Waals surface area contributed by atoms with Gasteiger partial charge in [-0.2, -0.15) is 5.10 Å². The molecule has 0 atom stereocenters. The fourth-order valence-electron chi connectivity index (χ4n) is 4.01. The first-order valence-corrected chi connectivity index (χ1v) is 14.5. The molecule has 2 N–H and O–H groups in total. The third kappa shape index (κ3) is 9.24. The lowest BCUT2D eigenvalue weighted by Gasteiger charge is -2.13. The van der Waals surface area contributed by atoms with E-state index in [4.69, 9.17) is 30.5 Å². The van der Waals surface area contributed by atoms with Crippen molar-refractivity contribution in [2.24, 2.45) is 5.10 Å². The molecule has 0 aliphatic heterocycles. The van der Waals surface area contributed by atoms with Crippen LogP contribution in [0.25, 0.3) is 0 Å². The molecule has 0 bridgehead atoms. The van der Waals surface area contributed by atoms with E-state index >= 15 is 0 Å². The van der Waals surface area contributed by atoms with Gasteiger partial charge in [0.05, 0.1) is 19.4 Å². The van der Waals surface area contributed by atoms with Crippen molar-refractivity contribution in [1.29, 1.82) is 0 Å². The monoisotopic (exact) mass is 615 g/mol. The molecule has 0 aliphatic rings. The van der Waals surface area contributed by atoms with E-state index in [0.717, 1.165) is 11.1 Å². The Hall–Kier alpha value is -5.02. The highest BCUT2D eigenvalue weighted by Crippen LogP contribution is 2.30. The summed E-state index contributed by atoms with van der Waals surface area (Å²) in [4.78, 5) is 25.2. The number of amides is 2. The van der Waals surface area contributed by atoms with Gasteiger partial charge in [0.25, 0.3) is 11.8 Å². The normalized spacial score (nSPS) is 10.7. The summed E-state index contributed by atoms with van der Waals surface area (Å²) in [6.07, 6.45) is 1.48. The lowest BCUT2D eigenvalue weighted by molar-refractivity contribution is -0.118. The number of carbonyl (C=O) groups is 2. The molecule has 0 aromatic heterocycles. The van der Waals surface area contributed by atoms with Crippen LogP contribution in [0.4, 0.5) is 5.69 Å². The molecule has 0 spiro atoms. The van der Waals surface area contributed by atoms with Gasteiger partial charge in [-0.25, -0.2) is 5.43 Å². The van der Waals surface area contributed by atoms with Gasteiger partial charge >= 0.3 is 0 Å². The number of carbonyl (C=O) groups excluding carboxylic acids is 2. The smallest absolute Gasteiger partial charge is 0.271 e. The van der Waals surface area contributed by atoms with E-state index in [1.165, 1.54) is 6.21 Å². The summed E-state index contributed by atoms with van der Waals surface area (Å²) < 4.78 is 23.0. The van der Waals surface area contributed by atoms with Crippen LogP contribution in [0.5, 0.6) is 23.0 Å². The minimum absolute atomic E-state index is 0.227. The first-order valence-electron chi connectivity index (χ1n) is 14.1. The average Bonchev–Trinajstić information content (AvgIpc) is 3.02. The van der Waals surface area contributed by atoms with Crippen LogP contribution in [0.3, 0.4) is 0 Å². The van der Waals surface area contributed by atoms with Gasteiger partial charge in [-0.05, 0) is 86.0 Å². The highest BCUT2D eigenvalue weighted by Gasteiger charge is 2.13. The Labute approximate surface area is 261 Å². The second kappa shape index (κ2) is 16.0. The van der Waals surface area contributed by atoms with Crippen molar-refractivity contribution in [1.82, 2.24) is 5.43 Å². The van der Waals surface area contributed by atoms with Crippen LogP contribution in [0.15, 0.2) is 90.0 Å². The zero-order valence-electron chi connectivity index (χ0n) is 24.8. The second-order valence-corrected chi connectivity index (χ2v) is 9.92. The van der Waals surface area contributed by atoms with Gasteiger partial charge in [-0.1, -0.05) is 48.0 Å². The summed E-state index contributed by atoms with van der Waals surface area (Å²) in [5.41, 5.74) is 6.06. The standard InChI is InChI=1S/C34H34ClN3O6/c1-4-41-31-17-25(12-15-29(31)44-22-33(39)37-27-14-11-23(3)28(35)19-27)20-36-38-34(40)26-13-16-30(32(18-26)42-5-2)43-21-24-9-7-6-8-10-24/h6-20H,4-5,21-22H2,1-3H3,(H,37,39)(H,38,40)/b36-20+. The Bertz CT molecular complexity index is 1610. The first-order chi connectivity index (χ1) is 21.4. The summed E-state index contributed by atoms with van der Waals surface area (Å²) in [6, 6.07) is 25.2. The predicted molar refractivity (Wildman–Crippen MR) is 171 cm³/mol. The number of benzene rings is 4. The van der Waals surface area contributed by atoms with Crippen LogP contribution in [0.1, 0.15) is 40.9 Å². The van der Waals surface area contributed by atoms with Crippen molar-refractivity contribution in [3.8, 4) is 23.0 Å². The number of hydrogen-bond acceptors (Lipinski definition) is 7. The Balaban J connectivity index is 1.35. The molecule has 44 heavy (non-hydrogen) atoms. The second-order valence-electron chi connectivity index (χ2n) is 9.51. The van der Waals surface area contributed by atoms with Gasteiger partial charge < -0.3 is 24.3 Å². The van der Waals surface area contributed by atoms with Crippen molar-refractivity contribution in [3.63, 3.8) is 0 Å². The Kier molecular flexibility index (Phi) is 11.6. The third-order valence-corrected chi connectivity index (χ3v) is 6.61. The Morgan fingerprint density at radius 3 is 2.23 bits per heavy atom. The third-order valence-electron chi connectivity index (χ3n) is 6.20. The summed E-state index contributed by atoms with van der Waals surface area (Å²) >= 11 is 6.13. The van der Waals surface area contributed by atoms with E-state index in [9.17, 15) is 9.59 Å². The highest BCUT2D eigenvalue weighted by molar-refractivity contribution is 6.31. The number of hydrazone groups is 1. The van der Waals surface area contributed by atoms with Crippen LogP contribution in [-0.2, 0) is 11.4 Å². The van der Waals surface area contributed by atoms with Crippen LogP contribution in [0.2, 0.25) is 5.02 Å². The number of halogens is 1. The molecule has 9 nitrogen and oxygen atoms in total. The quantitative estimate of drug-likeness (QED) is 0.119. The molecule has 0 unspecified atom stereocenters. The molecule has 4 aromatic carbocycles. The first kappa shape index (κ1) is 31.9. The van der Waals surface area contributed by atoms with Crippen LogP contribution >= 0.6 is 11.6 Å². The minimum atomic E-state index is -0.414. The molecule has 228 valence electrons. The lowest BCUT2D eigenvalue weighted by Crippen LogP contribution is -2.20. The van der Waals surface area contributed by atoms with Crippen molar-refractivity contribution in [3.05, 3.63) is 112 Å². The molecular formula is C34H34ClN3O6. The number of anilines is 1. The Morgan fingerprint density at radius 1 is 0.795 bits per heavy atom. The molecule has 0 saturated carbocycles. The maximum atomic E-state index is 12.8. The fraction of sp³-hybridized carbons (Fsp3) is 0.206. The number of nitrogens with zero attached hydrogens (tertiary/aromatic N) is 1. The molecule has 0 aliphatic carbocycles. The van der Waals surface area contributed by atoms with E-state index in [-0.39, 0.29) is 12.5 Å². The van der Waals surface area contributed by atoms with Crippen LogP contribution in [0, 0.1) is 6.92 Å². The zero-order valence-corrected chi connectivity index (χ0v) is 25.5. The average molecular weight is 616 g/mol. The molecule has 4 aromatic rings. The van der Waals surface area contributed by atoms with Gasteiger partial charge in [0.1, 0.15) is 6.61 Å². The molecule has 0 radical (unpaired) electrons. The van der Waals surface area contributed by atoms with Crippen molar-refractivity contribution >= 4 is 35.3 Å². The van der Waals surface area contributed by atoms with E-state index in [1.807, 2.05) is 57.2 Å². The van der Waals surface area contributed by atoms with E-state index in [1.54, 1.807) is 48.5 Å². The number of nitrogens with one attached hydrogen (secondary N) is 2. The lowest BCUT2D eigenvalue weighted by atomic mass is 10.2. The molecule has 0 fully saturated rings. The SMILES string of the molecule is CCOc1cc(/C=N/NC(=O)c2ccc(OCc3ccccc3)c(OCC)c2)ccc1OCC(=O)Nc1ccc(C)c(Cl)c1. The van der Waals surface area contributed by atoms with Gasteiger partial charge in [0, 0.05) is 16.3 Å². The number of ether oxygens (including phenoxy) is 4. The van der Waals surface area contributed by atoms with E-state index < -0.39 is 5.91 Å². The van der Waals surface area contributed by atoms with Gasteiger partial charge in [0.2, 0.25) is 0 Å². The summed E-state index contributed by atoms with van der Waals surface area (Å²) in [6.45, 7) is 6.53. The van der Waals surface area contributed by atoms with Gasteiger partial charge in [0.15, 0.2) is 29.6 Å².